The molecule has 0 aliphatic rings. The fourth-order valence-corrected chi connectivity index (χ4v) is 1.87. The molecule has 0 saturated carbocycles. The second-order valence-electron chi connectivity index (χ2n) is 4.86. The summed E-state index contributed by atoms with van der Waals surface area (Å²) in [5.74, 6) is -0.913. The molecule has 0 radical (unpaired) electrons. The molecule has 0 aliphatic carbocycles. The quantitative estimate of drug-likeness (QED) is 0.881. The third kappa shape index (κ3) is 5.28. The zero-order valence-corrected chi connectivity index (χ0v) is 12.2. The van der Waals surface area contributed by atoms with E-state index in [-0.39, 0.29) is 17.5 Å². The van der Waals surface area contributed by atoms with Gasteiger partial charge in [-0.05, 0) is 25.1 Å². The second-order valence-corrected chi connectivity index (χ2v) is 4.86. The summed E-state index contributed by atoms with van der Waals surface area (Å²) < 4.78 is 42.9. The van der Waals surface area contributed by atoms with Gasteiger partial charge in [-0.1, -0.05) is 0 Å². The van der Waals surface area contributed by atoms with Crippen molar-refractivity contribution < 1.29 is 22.7 Å². The average Bonchev–Trinajstić information content (AvgIpc) is 2.97. The van der Waals surface area contributed by atoms with E-state index in [9.17, 15) is 18.0 Å². The number of aromatic nitrogens is 3. The van der Waals surface area contributed by atoms with Gasteiger partial charge in [0.25, 0.3) is 5.91 Å². The lowest BCUT2D eigenvalue weighted by molar-refractivity contribution is -0.154. The summed E-state index contributed by atoms with van der Waals surface area (Å²) in [6, 6.07) is 4.28. The van der Waals surface area contributed by atoms with E-state index in [1.807, 2.05) is 0 Å². The summed E-state index contributed by atoms with van der Waals surface area (Å²) in [6.07, 6.45) is 0.109. The van der Waals surface area contributed by atoms with Crippen molar-refractivity contribution in [3.05, 3.63) is 42.4 Å². The molecule has 0 unspecified atom stereocenters. The number of carbonyl (C=O) groups excluding carboxylic acids is 1. The van der Waals surface area contributed by atoms with Crippen LogP contribution in [0.4, 0.5) is 13.2 Å². The van der Waals surface area contributed by atoms with E-state index in [0.29, 0.717) is 6.54 Å². The Morgan fingerprint density at radius 1 is 1.39 bits per heavy atom. The van der Waals surface area contributed by atoms with Crippen molar-refractivity contribution in [2.75, 3.05) is 6.61 Å². The zero-order valence-electron chi connectivity index (χ0n) is 12.2. The first-order valence-electron chi connectivity index (χ1n) is 6.78. The fraction of sp³-hybridized carbons (Fsp3) is 0.357. The molecule has 0 fully saturated rings. The molecule has 1 atom stereocenters. The van der Waals surface area contributed by atoms with Gasteiger partial charge in [0.2, 0.25) is 5.88 Å². The first-order chi connectivity index (χ1) is 10.8. The molecule has 0 spiro atoms. The first-order valence-corrected chi connectivity index (χ1v) is 6.78. The zero-order chi connectivity index (χ0) is 16.9. The van der Waals surface area contributed by atoms with Gasteiger partial charge >= 0.3 is 6.18 Å². The highest BCUT2D eigenvalue weighted by Crippen LogP contribution is 2.20. The molecular formula is C14H15F3N4O2. The minimum atomic E-state index is -4.50. The Bertz CT molecular complexity index is 644. The van der Waals surface area contributed by atoms with Crippen molar-refractivity contribution in [1.82, 2.24) is 20.1 Å². The van der Waals surface area contributed by atoms with Crippen LogP contribution in [0.1, 0.15) is 17.3 Å². The monoisotopic (exact) mass is 328 g/mol. The number of ether oxygens (including phenoxy) is 1. The highest BCUT2D eigenvalue weighted by atomic mass is 19.4. The van der Waals surface area contributed by atoms with E-state index in [1.54, 1.807) is 30.1 Å². The van der Waals surface area contributed by atoms with Gasteiger partial charge in [-0.25, -0.2) is 4.98 Å². The number of nitrogens with one attached hydrogen (secondary N) is 1. The molecule has 124 valence electrons. The van der Waals surface area contributed by atoms with Crippen LogP contribution in [0, 0.1) is 0 Å². The minimum Gasteiger partial charge on any atom is -0.467 e. The summed E-state index contributed by atoms with van der Waals surface area (Å²) in [5, 5.41) is 6.68. The van der Waals surface area contributed by atoms with Crippen LogP contribution >= 0.6 is 0 Å². The molecule has 0 aliphatic heterocycles. The van der Waals surface area contributed by atoms with Gasteiger partial charge in [0.05, 0.1) is 6.54 Å². The van der Waals surface area contributed by atoms with Crippen LogP contribution < -0.4 is 10.1 Å². The highest BCUT2D eigenvalue weighted by Gasteiger charge is 2.29. The molecule has 2 aromatic rings. The average molecular weight is 328 g/mol. The Hall–Kier alpha value is -2.58. The molecule has 2 aromatic heterocycles. The molecule has 2 heterocycles. The Balaban J connectivity index is 2.01. The van der Waals surface area contributed by atoms with Crippen molar-refractivity contribution in [2.45, 2.75) is 25.7 Å². The fourth-order valence-electron chi connectivity index (χ4n) is 1.87. The van der Waals surface area contributed by atoms with E-state index in [2.05, 4.69) is 20.1 Å². The maximum absolute atomic E-state index is 12.2. The third-order valence-electron chi connectivity index (χ3n) is 2.79. The summed E-state index contributed by atoms with van der Waals surface area (Å²) in [7, 11) is 0. The molecule has 0 bridgehead atoms. The van der Waals surface area contributed by atoms with Gasteiger partial charge in [-0.15, -0.1) is 0 Å². The van der Waals surface area contributed by atoms with Gasteiger partial charge in [0, 0.05) is 24.6 Å². The van der Waals surface area contributed by atoms with Crippen molar-refractivity contribution in [3.8, 4) is 5.88 Å². The Kier molecular flexibility index (Phi) is 5.20. The number of hydrogen-bond donors (Lipinski definition) is 1. The van der Waals surface area contributed by atoms with E-state index in [4.69, 9.17) is 0 Å². The van der Waals surface area contributed by atoms with Crippen molar-refractivity contribution in [2.24, 2.45) is 0 Å². The van der Waals surface area contributed by atoms with Crippen molar-refractivity contribution >= 4 is 5.91 Å². The summed E-state index contributed by atoms with van der Waals surface area (Å²) >= 11 is 0. The van der Waals surface area contributed by atoms with E-state index >= 15 is 0 Å². The molecule has 23 heavy (non-hydrogen) atoms. The highest BCUT2D eigenvalue weighted by molar-refractivity contribution is 5.96. The molecule has 6 nitrogen and oxygen atoms in total. The Morgan fingerprint density at radius 2 is 2.17 bits per heavy atom. The Labute approximate surface area is 130 Å². The lowest BCUT2D eigenvalue weighted by Crippen LogP contribution is -2.36. The number of halogens is 3. The SMILES string of the molecule is C[C@@H](Cn1cccn1)NC(=O)c1cccnc1OCC(F)(F)F. The van der Waals surface area contributed by atoms with E-state index in [1.165, 1.54) is 18.3 Å². The topological polar surface area (TPSA) is 69.0 Å². The molecule has 2 rings (SSSR count). The minimum absolute atomic E-state index is 0.0518. The van der Waals surface area contributed by atoms with Crippen LogP contribution in [0.25, 0.3) is 0 Å². The normalized spacial score (nSPS) is 12.7. The number of pyridine rings is 1. The molecule has 1 amide bonds. The lowest BCUT2D eigenvalue weighted by Gasteiger charge is -2.16. The van der Waals surface area contributed by atoms with Crippen LogP contribution in [-0.2, 0) is 6.54 Å². The standard InChI is InChI=1S/C14H15F3N4O2/c1-10(8-21-7-3-6-19-21)20-12(22)11-4-2-5-18-13(11)23-9-14(15,16)17/h2-7,10H,8-9H2,1H3,(H,20,22)/t10-/m0/s1. The molecule has 9 heteroatoms. The number of amides is 1. The first kappa shape index (κ1) is 16.8. The smallest absolute Gasteiger partial charge is 0.422 e. The van der Waals surface area contributed by atoms with Crippen LogP contribution in [0.5, 0.6) is 5.88 Å². The second kappa shape index (κ2) is 7.12. The summed E-state index contributed by atoms with van der Waals surface area (Å²) in [6.45, 7) is 0.678. The third-order valence-corrected chi connectivity index (χ3v) is 2.79. The van der Waals surface area contributed by atoms with Crippen LogP contribution in [0.2, 0.25) is 0 Å². The van der Waals surface area contributed by atoms with Gasteiger partial charge in [-0.2, -0.15) is 18.3 Å². The van der Waals surface area contributed by atoms with Gasteiger partial charge in [0.15, 0.2) is 6.61 Å². The number of nitrogens with zero attached hydrogens (tertiary/aromatic N) is 3. The predicted molar refractivity (Wildman–Crippen MR) is 74.9 cm³/mol. The summed E-state index contributed by atoms with van der Waals surface area (Å²) in [5.41, 5.74) is -0.0518. The van der Waals surface area contributed by atoms with Crippen LogP contribution in [0.3, 0.4) is 0 Å². The van der Waals surface area contributed by atoms with Crippen molar-refractivity contribution in [1.29, 1.82) is 0 Å². The largest absolute Gasteiger partial charge is 0.467 e. The number of alkyl halides is 3. The van der Waals surface area contributed by atoms with Crippen LogP contribution in [0.15, 0.2) is 36.8 Å². The predicted octanol–water partition coefficient (Wildman–Crippen LogP) is 2.04. The molecular weight excluding hydrogens is 313 g/mol. The van der Waals surface area contributed by atoms with E-state index in [0.717, 1.165) is 0 Å². The number of rotatable bonds is 6. The van der Waals surface area contributed by atoms with Crippen LogP contribution in [-0.4, -0.2) is 39.5 Å². The molecule has 0 saturated heterocycles. The maximum atomic E-state index is 12.2. The summed E-state index contributed by atoms with van der Waals surface area (Å²) in [4.78, 5) is 15.9. The lowest BCUT2D eigenvalue weighted by atomic mass is 10.2. The van der Waals surface area contributed by atoms with Gasteiger partial charge < -0.3 is 10.1 Å². The Morgan fingerprint density at radius 3 is 2.83 bits per heavy atom. The maximum Gasteiger partial charge on any atom is 0.422 e. The van der Waals surface area contributed by atoms with Gasteiger partial charge in [0.1, 0.15) is 5.56 Å². The van der Waals surface area contributed by atoms with Gasteiger partial charge in [-0.3, -0.25) is 9.48 Å². The molecule has 1 N–H and O–H groups in total. The molecule has 0 aromatic carbocycles. The van der Waals surface area contributed by atoms with Crippen molar-refractivity contribution in [3.63, 3.8) is 0 Å². The number of carbonyl (C=O) groups is 1. The van der Waals surface area contributed by atoms with E-state index < -0.39 is 18.7 Å². The number of hydrogen-bond acceptors (Lipinski definition) is 4.